The summed E-state index contributed by atoms with van der Waals surface area (Å²) < 4.78 is 32.8. The minimum absolute atomic E-state index is 0.274. The minimum Gasteiger partial charge on any atom is -0.495 e. The molecule has 3 rings (SSSR count). The van der Waals surface area contributed by atoms with Crippen molar-refractivity contribution in [2.75, 3.05) is 46.4 Å². The lowest BCUT2D eigenvalue weighted by atomic mass is 10.2. The number of hydrogen-bond acceptors (Lipinski definition) is 5. The Kier molecular flexibility index (Phi) is 4.91. The molecule has 1 atom stereocenters. The molecule has 2 saturated heterocycles. The summed E-state index contributed by atoms with van der Waals surface area (Å²) in [6, 6.07) is 5.83. The van der Waals surface area contributed by atoms with Crippen molar-refractivity contribution >= 4 is 10.0 Å². The lowest BCUT2D eigenvalue weighted by Crippen LogP contribution is -2.52. The monoisotopic (exact) mass is 339 g/mol. The number of benzene rings is 1. The number of piperazine rings is 1. The van der Waals surface area contributed by atoms with Crippen LogP contribution >= 0.6 is 0 Å². The molecule has 0 saturated carbocycles. The van der Waals surface area contributed by atoms with Crippen LogP contribution in [0.3, 0.4) is 0 Å². The molecule has 23 heavy (non-hydrogen) atoms. The van der Waals surface area contributed by atoms with E-state index in [1.165, 1.54) is 7.11 Å². The molecule has 0 aromatic heterocycles. The number of nitrogens with one attached hydrogen (secondary N) is 1. The number of methoxy groups -OCH3 is 1. The summed E-state index contributed by atoms with van der Waals surface area (Å²) in [5.74, 6) is 0.415. The minimum atomic E-state index is -3.51. The molecule has 2 heterocycles. The van der Waals surface area contributed by atoms with E-state index in [1.54, 1.807) is 16.4 Å². The molecule has 0 radical (unpaired) electrons. The summed E-state index contributed by atoms with van der Waals surface area (Å²) in [6.45, 7) is 6.62. The number of nitrogens with zero attached hydrogens (tertiary/aromatic N) is 2. The highest BCUT2D eigenvalue weighted by atomic mass is 32.2. The molecule has 0 bridgehead atoms. The topological polar surface area (TPSA) is 61.9 Å². The van der Waals surface area contributed by atoms with Crippen LogP contribution in [0.15, 0.2) is 23.1 Å². The SMILES string of the molecule is COc1ccc(C)cc1S(=O)(=O)N1CCN(C2CCNC2)CC1. The van der Waals surface area contributed by atoms with Crippen LogP contribution in [-0.4, -0.2) is 70.0 Å². The van der Waals surface area contributed by atoms with Gasteiger partial charge in [-0.2, -0.15) is 4.31 Å². The van der Waals surface area contributed by atoms with E-state index in [1.807, 2.05) is 13.0 Å². The number of ether oxygens (including phenoxy) is 1. The van der Waals surface area contributed by atoms with Crippen molar-refractivity contribution in [3.63, 3.8) is 0 Å². The first-order chi connectivity index (χ1) is 11.0. The summed E-state index contributed by atoms with van der Waals surface area (Å²) in [5.41, 5.74) is 0.917. The lowest BCUT2D eigenvalue weighted by molar-refractivity contribution is 0.145. The van der Waals surface area contributed by atoms with Gasteiger partial charge in [0, 0.05) is 38.8 Å². The Morgan fingerprint density at radius 3 is 2.57 bits per heavy atom. The van der Waals surface area contributed by atoms with Gasteiger partial charge in [-0.15, -0.1) is 0 Å². The van der Waals surface area contributed by atoms with Crippen molar-refractivity contribution in [1.82, 2.24) is 14.5 Å². The Bertz CT molecular complexity index is 649. The first-order valence-corrected chi connectivity index (χ1v) is 9.56. The maximum atomic E-state index is 13.0. The van der Waals surface area contributed by atoms with E-state index < -0.39 is 10.0 Å². The Hall–Kier alpha value is -1.15. The molecule has 0 amide bonds. The highest BCUT2D eigenvalue weighted by Crippen LogP contribution is 2.28. The van der Waals surface area contributed by atoms with Gasteiger partial charge in [0.25, 0.3) is 0 Å². The average molecular weight is 339 g/mol. The van der Waals surface area contributed by atoms with E-state index in [9.17, 15) is 8.42 Å². The summed E-state index contributed by atoms with van der Waals surface area (Å²) in [6.07, 6.45) is 1.15. The van der Waals surface area contributed by atoms with Crippen LogP contribution in [0.25, 0.3) is 0 Å². The Balaban J connectivity index is 1.75. The number of aryl methyl sites for hydroxylation is 1. The zero-order chi connectivity index (χ0) is 16.4. The number of sulfonamides is 1. The second-order valence-electron chi connectivity index (χ2n) is 6.24. The standard InChI is InChI=1S/C16H25N3O3S/c1-13-3-4-15(22-2)16(11-13)23(20,21)19-9-7-18(8-10-19)14-5-6-17-12-14/h3-4,11,14,17H,5-10,12H2,1-2H3. The van der Waals surface area contributed by atoms with Crippen LogP contribution in [0.1, 0.15) is 12.0 Å². The molecule has 128 valence electrons. The van der Waals surface area contributed by atoms with Gasteiger partial charge in [-0.05, 0) is 37.6 Å². The molecule has 6 nitrogen and oxygen atoms in total. The third-order valence-electron chi connectivity index (χ3n) is 4.76. The first kappa shape index (κ1) is 16.7. The second kappa shape index (κ2) is 6.76. The number of hydrogen-bond donors (Lipinski definition) is 1. The Labute approximate surface area is 138 Å². The van der Waals surface area contributed by atoms with Crippen molar-refractivity contribution in [3.8, 4) is 5.75 Å². The molecule has 1 aromatic carbocycles. The molecule has 0 aliphatic carbocycles. The smallest absolute Gasteiger partial charge is 0.246 e. The number of rotatable bonds is 4. The second-order valence-corrected chi connectivity index (χ2v) is 8.15. The summed E-state index contributed by atoms with van der Waals surface area (Å²) in [5, 5.41) is 3.37. The maximum Gasteiger partial charge on any atom is 0.246 e. The Morgan fingerprint density at radius 2 is 1.96 bits per heavy atom. The third kappa shape index (κ3) is 3.38. The maximum absolute atomic E-state index is 13.0. The fraction of sp³-hybridized carbons (Fsp3) is 0.625. The van der Waals surface area contributed by atoms with E-state index in [0.29, 0.717) is 24.9 Å². The van der Waals surface area contributed by atoms with Crippen molar-refractivity contribution in [2.45, 2.75) is 24.3 Å². The van der Waals surface area contributed by atoms with Gasteiger partial charge < -0.3 is 10.1 Å². The molecule has 7 heteroatoms. The molecule has 1 unspecified atom stereocenters. The van der Waals surface area contributed by atoms with E-state index in [0.717, 1.165) is 38.2 Å². The zero-order valence-electron chi connectivity index (χ0n) is 13.8. The largest absolute Gasteiger partial charge is 0.495 e. The fourth-order valence-electron chi connectivity index (χ4n) is 3.38. The van der Waals surface area contributed by atoms with E-state index in [-0.39, 0.29) is 4.90 Å². The summed E-state index contributed by atoms with van der Waals surface area (Å²) >= 11 is 0. The summed E-state index contributed by atoms with van der Waals surface area (Å²) in [4.78, 5) is 2.68. The van der Waals surface area contributed by atoms with Crippen LogP contribution in [-0.2, 0) is 10.0 Å². The van der Waals surface area contributed by atoms with Gasteiger partial charge in [-0.3, -0.25) is 4.90 Å². The quantitative estimate of drug-likeness (QED) is 0.874. The lowest BCUT2D eigenvalue weighted by Gasteiger charge is -2.37. The van der Waals surface area contributed by atoms with E-state index >= 15 is 0 Å². The van der Waals surface area contributed by atoms with Crippen LogP contribution in [0, 0.1) is 6.92 Å². The van der Waals surface area contributed by atoms with Gasteiger partial charge in [0.1, 0.15) is 10.6 Å². The predicted octanol–water partition coefficient (Wildman–Crippen LogP) is 0.672. The zero-order valence-corrected chi connectivity index (χ0v) is 14.6. The van der Waals surface area contributed by atoms with Crippen molar-refractivity contribution in [2.24, 2.45) is 0 Å². The fourth-order valence-corrected chi connectivity index (χ4v) is 5.05. The third-order valence-corrected chi connectivity index (χ3v) is 6.68. The van der Waals surface area contributed by atoms with Crippen LogP contribution in [0.2, 0.25) is 0 Å². The van der Waals surface area contributed by atoms with Crippen LogP contribution in [0.5, 0.6) is 5.75 Å². The molecule has 2 aliphatic rings. The normalized spacial score (nSPS) is 24.0. The van der Waals surface area contributed by atoms with Gasteiger partial charge in [0.05, 0.1) is 7.11 Å². The first-order valence-electron chi connectivity index (χ1n) is 8.12. The van der Waals surface area contributed by atoms with Gasteiger partial charge in [-0.25, -0.2) is 8.42 Å². The summed E-state index contributed by atoms with van der Waals surface area (Å²) in [7, 11) is -2.00. The average Bonchev–Trinajstić information content (AvgIpc) is 3.09. The van der Waals surface area contributed by atoms with Gasteiger partial charge in [0.2, 0.25) is 10.0 Å². The van der Waals surface area contributed by atoms with Crippen molar-refractivity contribution in [3.05, 3.63) is 23.8 Å². The van der Waals surface area contributed by atoms with Crippen molar-refractivity contribution < 1.29 is 13.2 Å². The molecular formula is C16H25N3O3S. The van der Waals surface area contributed by atoms with Crippen LogP contribution < -0.4 is 10.1 Å². The van der Waals surface area contributed by atoms with Gasteiger partial charge in [-0.1, -0.05) is 6.07 Å². The van der Waals surface area contributed by atoms with Gasteiger partial charge in [0.15, 0.2) is 0 Å². The highest BCUT2D eigenvalue weighted by molar-refractivity contribution is 7.89. The Morgan fingerprint density at radius 1 is 1.22 bits per heavy atom. The highest BCUT2D eigenvalue weighted by Gasteiger charge is 2.33. The van der Waals surface area contributed by atoms with E-state index in [4.69, 9.17) is 4.74 Å². The van der Waals surface area contributed by atoms with Crippen LogP contribution in [0.4, 0.5) is 0 Å². The van der Waals surface area contributed by atoms with E-state index in [2.05, 4.69) is 10.2 Å². The molecule has 1 aromatic rings. The van der Waals surface area contributed by atoms with Gasteiger partial charge >= 0.3 is 0 Å². The molecule has 0 spiro atoms. The molecule has 2 aliphatic heterocycles. The molecule has 2 fully saturated rings. The molecule has 1 N–H and O–H groups in total. The van der Waals surface area contributed by atoms with Crippen molar-refractivity contribution in [1.29, 1.82) is 0 Å². The predicted molar refractivity (Wildman–Crippen MR) is 89.3 cm³/mol. The molecular weight excluding hydrogens is 314 g/mol.